The molecule has 0 aliphatic rings. The van der Waals surface area contributed by atoms with Gasteiger partial charge in [0.1, 0.15) is 5.39 Å². The van der Waals surface area contributed by atoms with Gasteiger partial charge in [0.25, 0.3) is 11.5 Å². The minimum absolute atomic E-state index is 0.0653. The molecule has 3 aromatic rings. The number of aryl methyl sites for hydroxylation is 2. The molecular weight excluding hydrogens is 338 g/mol. The fraction of sp³-hybridized carbons (Fsp3) is 0.235. The van der Waals surface area contributed by atoms with E-state index in [9.17, 15) is 14.4 Å². The van der Waals surface area contributed by atoms with Gasteiger partial charge in [-0.2, -0.15) is 5.10 Å². The lowest BCUT2D eigenvalue weighted by atomic mass is 10.1. The molecule has 0 saturated heterocycles. The molecule has 0 fully saturated rings. The summed E-state index contributed by atoms with van der Waals surface area (Å²) in [5, 5.41) is 4.35. The maximum Gasteiger partial charge on any atom is 0.308 e. The molecule has 134 valence electrons. The van der Waals surface area contributed by atoms with Gasteiger partial charge < -0.3 is 10.5 Å². The van der Waals surface area contributed by atoms with Gasteiger partial charge >= 0.3 is 5.97 Å². The summed E-state index contributed by atoms with van der Waals surface area (Å²) in [6, 6.07) is 8.50. The number of carbonyl (C=O) groups is 2. The molecule has 1 aromatic carbocycles. The second kappa shape index (κ2) is 7.18. The Hall–Kier alpha value is -3.49. The number of ether oxygens (including phenoxy) is 1. The molecule has 9 nitrogen and oxygen atoms in total. The van der Waals surface area contributed by atoms with Crippen LogP contribution in [0.25, 0.3) is 11.0 Å². The summed E-state index contributed by atoms with van der Waals surface area (Å²) in [6.07, 6.45) is 1.50. The summed E-state index contributed by atoms with van der Waals surface area (Å²) < 4.78 is 7.98. The van der Waals surface area contributed by atoms with Gasteiger partial charge in [0, 0.05) is 19.2 Å². The highest BCUT2D eigenvalue weighted by molar-refractivity contribution is 5.83. The molecule has 1 amide bonds. The third kappa shape index (κ3) is 3.46. The van der Waals surface area contributed by atoms with Crippen LogP contribution in [0.15, 0.2) is 47.7 Å². The van der Waals surface area contributed by atoms with E-state index in [0.717, 1.165) is 0 Å². The number of esters is 1. The highest BCUT2D eigenvalue weighted by atomic mass is 16.5. The van der Waals surface area contributed by atoms with Gasteiger partial charge in [0.2, 0.25) is 6.10 Å². The summed E-state index contributed by atoms with van der Waals surface area (Å²) in [4.78, 5) is 40.2. The standard InChI is InChI=1S/C17H17N5O4/c1-21-16-12(9-20-21)17(25)22(10-19-16)8-7-13(23)26-14(15(18)24)11-5-3-2-4-6-11/h2-6,9-10,14H,7-8H2,1H3,(H2,18,24)/t14-/m1/s1. The Kier molecular flexibility index (Phi) is 4.78. The molecule has 2 N–H and O–H groups in total. The van der Waals surface area contributed by atoms with Crippen LogP contribution in [0.1, 0.15) is 18.1 Å². The van der Waals surface area contributed by atoms with Crippen molar-refractivity contribution in [3.63, 3.8) is 0 Å². The van der Waals surface area contributed by atoms with Gasteiger partial charge in [-0.25, -0.2) is 4.98 Å². The highest BCUT2D eigenvalue weighted by Gasteiger charge is 2.22. The second-order valence-electron chi connectivity index (χ2n) is 5.68. The third-order valence-electron chi connectivity index (χ3n) is 3.89. The second-order valence-corrected chi connectivity index (χ2v) is 5.68. The van der Waals surface area contributed by atoms with Crippen molar-refractivity contribution >= 4 is 22.9 Å². The first kappa shape index (κ1) is 17.3. The Morgan fingerprint density at radius 1 is 1.27 bits per heavy atom. The molecule has 2 aromatic heterocycles. The largest absolute Gasteiger partial charge is 0.447 e. The summed E-state index contributed by atoms with van der Waals surface area (Å²) >= 11 is 0. The molecule has 26 heavy (non-hydrogen) atoms. The van der Waals surface area contributed by atoms with Crippen LogP contribution in [0, 0.1) is 0 Å². The molecule has 9 heteroatoms. The summed E-state index contributed by atoms with van der Waals surface area (Å²) in [5.74, 6) is -1.41. The Balaban J connectivity index is 1.70. The summed E-state index contributed by atoms with van der Waals surface area (Å²) in [5.41, 5.74) is 5.98. The van der Waals surface area contributed by atoms with Crippen molar-refractivity contribution in [1.29, 1.82) is 0 Å². The van der Waals surface area contributed by atoms with Gasteiger partial charge in [-0.15, -0.1) is 0 Å². The third-order valence-corrected chi connectivity index (χ3v) is 3.89. The van der Waals surface area contributed by atoms with Crippen molar-refractivity contribution in [2.75, 3.05) is 0 Å². The van der Waals surface area contributed by atoms with Gasteiger partial charge in [-0.1, -0.05) is 30.3 Å². The maximum absolute atomic E-state index is 12.3. The average molecular weight is 355 g/mol. The van der Waals surface area contributed by atoms with Crippen molar-refractivity contribution in [3.05, 3.63) is 58.8 Å². The lowest BCUT2D eigenvalue weighted by molar-refractivity contribution is -0.155. The van der Waals surface area contributed by atoms with Crippen molar-refractivity contribution in [2.45, 2.75) is 19.1 Å². The molecule has 0 radical (unpaired) electrons. The molecule has 0 bridgehead atoms. The van der Waals surface area contributed by atoms with Crippen LogP contribution in [-0.2, 0) is 27.9 Å². The molecule has 1 atom stereocenters. The Morgan fingerprint density at radius 3 is 2.69 bits per heavy atom. The van der Waals surface area contributed by atoms with Gasteiger partial charge in [0.15, 0.2) is 5.65 Å². The summed E-state index contributed by atoms with van der Waals surface area (Å²) in [6.45, 7) is 0.0653. The van der Waals surface area contributed by atoms with E-state index >= 15 is 0 Å². The number of rotatable bonds is 6. The number of carbonyl (C=O) groups excluding carboxylic acids is 2. The van der Waals surface area contributed by atoms with E-state index in [1.807, 2.05) is 0 Å². The Bertz CT molecular complexity index is 1010. The lowest BCUT2D eigenvalue weighted by Gasteiger charge is -2.15. The van der Waals surface area contributed by atoms with Crippen LogP contribution < -0.4 is 11.3 Å². The SMILES string of the molecule is Cn1ncc2c(=O)n(CCC(=O)O[C@@H](C(N)=O)c3ccccc3)cnc21. The zero-order chi connectivity index (χ0) is 18.7. The van der Waals surface area contributed by atoms with Crippen molar-refractivity contribution in [2.24, 2.45) is 12.8 Å². The van der Waals surface area contributed by atoms with Crippen molar-refractivity contribution in [3.8, 4) is 0 Å². The Morgan fingerprint density at radius 2 is 2.00 bits per heavy atom. The topological polar surface area (TPSA) is 122 Å². The zero-order valence-electron chi connectivity index (χ0n) is 14.0. The lowest BCUT2D eigenvalue weighted by Crippen LogP contribution is -2.27. The first-order chi connectivity index (χ1) is 12.5. The van der Waals surface area contributed by atoms with Crippen LogP contribution in [0.4, 0.5) is 0 Å². The predicted molar refractivity (Wildman–Crippen MR) is 91.9 cm³/mol. The summed E-state index contributed by atoms with van der Waals surface area (Å²) in [7, 11) is 1.68. The number of amides is 1. The predicted octanol–water partition coefficient (Wildman–Crippen LogP) is 0.290. The van der Waals surface area contributed by atoms with Gasteiger partial charge in [0.05, 0.1) is 18.9 Å². The number of nitrogens with zero attached hydrogens (tertiary/aromatic N) is 4. The molecule has 0 aliphatic heterocycles. The zero-order valence-corrected chi connectivity index (χ0v) is 14.0. The van der Waals surface area contributed by atoms with Gasteiger partial charge in [-0.05, 0) is 0 Å². The van der Waals surface area contributed by atoms with E-state index in [4.69, 9.17) is 10.5 Å². The van der Waals surface area contributed by atoms with E-state index in [1.54, 1.807) is 37.4 Å². The molecule has 0 aliphatic carbocycles. The fourth-order valence-corrected chi connectivity index (χ4v) is 2.55. The molecule has 0 spiro atoms. The van der Waals surface area contributed by atoms with Crippen LogP contribution >= 0.6 is 0 Å². The van der Waals surface area contributed by atoms with Crippen molar-refractivity contribution < 1.29 is 14.3 Å². The Labute approximate surface area is 148 Å². The van der Waals surface area contributed by atoms with Gasteiger partial charge in [-0.3, -0.25) is 23.6 Å². The first-order valence-corrected chi connectivity index (χ1v) is 7.88. The molecular formula is C17H17N5O4. The number of primary amides is 1. The number of aromatic nitrogens is 4. The molecule has 2 heterocycles. The van der Waals surface area contributed by atoms with Crippen LogP contribution in [0.2, 0.25) is 0 Å². The fourth-order valence-electron chi connectivity index (χ4n) is 2.55. The van der Waals surface area contributed by atoms with Crippen LogP contribution in [-0.4, -0.2) is 31.2 Å². The van der Waals surface area contributed by atoms with E-state index in [1.165, 1.54) is 21.8 Å². The average Bonchev–Trinajstić information content (AvgIpc) is 3.01. The van der Waals surface area contributed by atoms with Crippen LogP contribution in [0.3, 0.4) is 0 Å². The number of hydrogen-bond acceptors (Lipinski definition) is 6. The van der Waals surface area contributed by atoms with Crippen LogP contribution in [0.5, 0.6) is 0 Å². The monoisotopic (exact) mass is 355 g/mol. The molecule has 0 saturated carbocycles. The minimum atomic E-state index is -1.17. The van der Waals surface area contributed by atoms with E-state index in [-0.39, 0.29) is 18.5 Å². The van der Waals surface area contributed by atoms with E-state index < -0.39 is 18.0 Å². The smallest absolute Gasteiger partial charge is 0.308 e. The first-order valence-electron chi connectivity index (χ1n) is 7.88. The molecule has 3 rings (SSSR count). The molecule has 0 unspecified atom stereocenters. The highest BCUT2D eigenvalue weighted by Crippen LogP contribution is 2.17. The number of benzene rings is 1. The maximum atomic E-state index is 12.3. The van der Waals surface area contributed by atoms with E-state index in [0.29, 0.717) is 16.6 Å². The minimum Gasteiger partial charge on any atom is -0.447 e. The number of fused-ring (bicyclic) bond motifs is 1. The normalized spacial score (nSPS) is 12.0. The van der Waals surface area contributed by atoms with Crippen molar-refractivity contribution in [1.82, 2.24) is 19.3 Å². The quantitative estimate of drug-likeness (QED) is 0.634. The number of nitrogens with two attached hydrogens (primary N) is 1. The van der Waals surface area contributed by atoms with E-state index in [2.05, 4.69) is 10.1 Å². The number of hydrogen-bond donors (Lipinski definition) is 1.